The first-order chi connectivity index (χ1) is 15.4. The number of hydrogen-bond acceptors (Lipinski definition) is 5. The van der Waals surface area contributed by atoms with Crippen LogP contribution in [0.1, 0.15) is 49.3 Å². The van der Waals surface area contributed by atoms with Gasteiger partial charge in [-0.15, -0.1) is 0 Å². The van der Waals surface area contributed by atoms with Crippen LogP contribution in [0.3, 0.4) is 0 Å². The molecule has 3 rings (SSSR count). The summed E-state index contributed by atoms with van der Waals surface area (Å²) in [7, 11) is 0. The second-order valence-electron chi connectivity index (χ2n) is 7.40. The lowest BCUT2D eigenvalue weighted by Gasteiger charge is -2.15. The maximum Gasteiger partial charge on any atom is 0.421 e. The first-order valence-electron chi connectivity index (χ1n) is 10.5. The van der Waals surface area contributed by atoms with Gasteiger partial charge in [-0.2, -0.15) is 23.4 Å². The van der Waals surface area contributed by atoms with Crippen molar-refractivity contribution in [3.8, 4) is 6.07 Å². The molecule has 166 valence electrons. The fourth-order valence-electron chi connectivity index (χ4n) is 3.19. The number of benzene rings is 2. The smallest absolute Gasteiger partial charge is 0.340 e. The molecule has 0 radical (unpaired) electrons. The molecule has 0 unspecified atom stereocenters. The van der Waals surface area contributed by atoms with Gasteiger partial charge in [0.1, 0.15) is 11.4 Å². The van der Waals surface area contributed by atoms with Crippen molar-refractivity contribution < 1.29 is 13.2 Å². The number of unbranched alkanes of at least 4 members (excludes halogenated alkanes) is 3. The van der Waals surface area contributed by atoms with E-state index in [0.29, 0.717) is 16.9 Å². The first kappa shape index (κ1) is 23.1. The highest BCUT2D eigenvalue weighted by molar-refractivity contribution is 5.64. The fraction of sp³-hybridized carbons (Fsp3) is 0.292. The van der Waals surface area contributed by atoms with Gasteiger partial charge in [0.2, 0.25) is 5.95 Å². The fourth-order valence-corrected chi connectivity index (χ4v) is 3.19. The number of hydrogen-bond donors (Lipinski definition) is 2. The van der Waals surface area contributed by atoms with Gasteiger partial charge in [0, 0.05) is 17.6 Å². The topological polar surface area (TPSA) is 73.6 Å². The third-order valence-electron chi connectivity index (χ3n) is 4.88. The van der Waals surface area contributed by atoms with Crippen molar-refractivity contribution in [2.24, 2.45) is 0 Å². The zero-order chi connectivity index (χ0) is 23.0. The van der Waals surface area contributed by atoms with Gasteiger partial charge in [0.25, 0.3) is 0 Å². The Balaban J connectivity index is 1.77. The Kier molecular flexibility index (Phi) is 7.66. The first-order valence-corrected chi connectivity index (χ1v) is 10.5. The normalized spacial score (nSPS) is 11.1. The van der Waals surface area contributed by atoms with Crippen molar-refractivity contribution in [3.63, 3.8) is 0 Å². The van der Waals surface area contributed by atoms with E-state index in [4.69, 9.17) is 5.26 Å². The molecule has 0 spiro atoms. The Hall–Kier alpha value is -3.60. The molecule has 0 bridgehead atoms. The van der Waals surface area contributed by atoms with E-state index in [-0.39, 0.29) is 5.95 Å². The van der Waals surface area contributed by atoms with E-state index in [0.717, 1.165) is 19.0 Å². The average molecular weight is 439 g/mol. The van der Waals surface area contributed by atoms with E-state index in [1.54, 1.807) is 18.2 Å². The number of halogens is 3. The molecular formula is C24H24F3N5. The number of nitrogens with zero attached hydrogens (tertiary/aromatic N) is 3. The third kappa shape index (κ3) is 6.45. The van der Waals surface area contributed by atoms with Crippen molar-refractivity contribution in [1.29, 1.82) is 5.26 Å². The highest BCUT2D eigenvalue weighted by Crippen LogP contribution is 2.35. The Labute approximate surface area is 185 Å². The van der Waals surface area contributed by atoms with Crippen LogP contribution in [-0.2, 0) is 12.6 Å². The molecule has 0 aliphatic rings. The van der Waals surface area contributed by atoms with Crippen molar-refractivity contribution >= 4 is 23.1 Å². The lowest BCUT2D eigenvalue weighted by molar-refractivity contribution is -0.137. The van der Waals surface area contributed by atoms with Crippen LogP contribution >= 0.6 is 0 Å². The second-order valence-corrected chi connectivity index (χ2v) is 7.40. The molecule has 0 fully saturated rings. The predicted molar refractivity (Wildman–Crippen MR) is 119 cm³/mol. The quantitative estimate of drug-likeness (QED) is 0.352. The molecule has 5 nitrogen and oxygen atoms in total. The standard InChI is InChI=1S/C24H24F3N5/c1-2-3-4-5-7-17-10-12-19(13-11-17)31-23-29-16-21(24(25,26)27)22(32-23)30-20-9-6-8-18(14-20)15-28/h6,8-14,16H,2-5,7H2,1H3,(H2,29,30,31,32). The molecule has 0 aliphatic carbocycles. The van der Waals surface area contributed by atoms with Gasteiger partial charge in [-0.05, 0) is 48.7 Å². The molecule has 1 heterocycles. The van der Waals surface area contributed by atoms with Crippen LogP contribution in [0, 0.1) is 11.3 Å². The minimum Gasteiger partial charge on any atom is -0.340 e. The predicted octanol–water partition coefficient (Wildman–Crippen LogP) is 6.98. The zero-order valence-electron chi connectivity index (χ0n) is 17.7. The van der Waals surface area contributed by atoms with Crippen molar-refractivity contribution in [2.45, 2.75) is 45.2 Å². The number of nitrogens with one attached hydrogen (secondary N) is 2. The number of alkyl halides is 3. The van der Waals surface area contributed by atoms with E-state index in [2.05, 4.69) is 27.5 Å². The zero-order valence-corrected chi connectivity index (χ0v) is 17.7. The molecule has 2 aromatic carbocycles. The lowest BCUT2D eigenvalue weighted by atomic mass is 10.1. The van der Waals surface area contributed by atoms with E-state index in [9.17, 15) is 13.2 Å². The van der Waals surface area contributed by atoms with Crippen LogP contribution in [0.5, 0.6) is 0 Å². The molecule has 0 atom stereocenters. The van der Waals surface area contributed by atoms with Gasteiger partial charge >= 0.3 is 6.18 Å². The van der Waals surface area contributed by atoms with Crippen LogP contribution in [0.4, 0.5) is 36.3 Å². The van der Waals surface area contributed by atoms with Crippen LogP contribution in [0.15, 0.2) is 54.7 Å². The van der Waals surface area contributed by atoms with Gasteiger partial charge in [0.05, 0.1) is 11.6 Å². The molecule has 0 aliphatic heterocycles. The summed E-state index contributed by atoms with van der Waals surface area (Å²) in [5.74, 6) is -0.356. The van der Waals surface area contributed by atoms with Gasteiger partial charge < -0.3 is 10.6 Å². The molecule has 8 heteroatoms. The van der Waals surface area contributed by atoms with Gasteiger partial charge in [-0.25, -0.2) is 4.98 Å². The van der Waals surface area contributed by atoms with E-state index in [1.807, 2.05) is 30.3 Å². The molecule has 0 saturated heterocycles. The minimum absolute atomic E-state index is 0.0348. The van der Waals surface area contributed by atoms with Gasteiger partial charge in [-0.3, -0.25) is 0 Å². The maximum atomic E-state index is 13.5. The third-order valence-corrected chi connectivity index (χ3v) is 4.88. The lowest BCUT2D eigenvalue weighted by Crippen LogP contribution is -2.12. The largest absolute Gasteiger partial charge is 0.421 e. The summed E-state index contributed by atoms with van der Waals surface area (Å²) in [6.45, 7) is 2.17. The summed E-state index contributed by atoms with van der Waals surface area (Å²) >= 11 is 0. The number of nitriles is 1. The summed E-state index contributed by atoms with van der Waals surface area (Å²) in [6, 6.07) is 15.8. The van der Waals surface area contributed by atoms with Crippen LogP contribution in [0.25, 0.3) is 0 Å². The van der Waals surface area contributed by atoms with Crippen molar-refractivity contribution in [1.82, 2.24) is 9.97 Å². The van der Waals surface area contributed by atoms with Crippen LogP contribution < -0.4 is 10.6 Å². The Bertz CT molecular complexity index is 1070. The molecule has 1 aromatic heterocycles. The summed E-state index contributed by atoms with van der Waals surface area (Å²) in [5.41, 5.74) is 1.55. The number of aryl methyl sites for hydroxylation is 1. The molecular weight excluding hydrogens is 415 g/mol. The second kappa shape index (κ2) is 10.6. The number of anilines is 4. The summed E-state index contributed by atoms with van der Waals surface area (Å²) in [6.07, 6.45) is 1.85. The molecule has 0 saturated carbocycles. The van der Waals surface area contributed by atoms with Crippen molar-refractivity contribution in [2.75, 3.05) is 10.6 Å². The summed E-state index contributed by atoms with van der Waals surface area (Å²) in [4.78, 5) is 7.88. The molecule has 0 amide bonds. The van der Waals surface area contributed by atoms with Crippen LogP contribution in [0.2, 0.25) is 0 Å². The molecule has 2 N–H and O–H groups in total. The molecule has 32 heavy (non-hydrogen) atoms. The Morgan fingerprint density at radius 1 is 0.969 bits per heavy atom. The summed E-state index contributed by atoms with van der Waals surface area (Å²) < 4.78 is 40.4. The monoisotopic (exact) mass is 439 g/mol. The van der Waals surface area contributed by atoms with Crippen LogP contribution in [-0.4, -0.2) is 9.97 Å². The average Bonchev–Trinajstić information content (AvgIpc) is 2.77. The number of rotatable bonds is 9. The van der Waals surface area contributed by atoms with Gasteiger partial charge in [-0.1, -0.05) is 44.4 Å². The highest BCUT2D eigenvalue weighted by atomic mass is 19.4. The van der Waals surface area contributed by atoms with E-state index in [1.165, 1.54) is 30.9 Å². The Morgan fingerprint density at radius 3 is 2.44 bits per heavy atom. The summed E-state index contributed by atoms with van der Waals surface area (Å²) in [5, 5.41) is 14.6. The SMILES string of the molecule is CCCCCCc1ccc(Nc2ncc(C(F)(F)F)c(Nc3cccc(C#N)c3)n2)cc1. The minimum atomic E-state index is -4.63. The highest BCUT2D eigenvalue weighted by Gasteiger charge is 2.35. The van der Waals surface area contributed by atoms with E-state index >= 15 is 0 Å². The van der Waals surface area contributed by atoms with Crippen molar-refractivity contribution in [3.05, 3.63) is 71.4 Å². The number of aromatic nitrogens is 2. The van der Waals surface area contributed by atoms with Gasteiger partial charge in [0.15, 0.2) is 0 Å². The van der Waals surface area contributed by atoms with E-state index < -0.39 is 17.6 Å². The maximum absolute atomic E-state index is 13.5. The molecule has 3 aromatic rings. The Morgan fingerprint density at radius 2 is 1.75 bits per heavy atom.